The molecular weight excluding hydrogens is 362 g/mol. The highest BCUT2D eigenvalue weighted by molar-refractivity contribution is 7.99. The zero-order chi connectivity index (χ0) is 18.3. The highest BCUT2D eigenvalue weighted by Crippen LogP contribution is 2.30. The molecule has 2 heterocycles. The standard InChI is InChI=1S/C17H19NO5S2/c1-22-17(19)16(11-23-25(2,20)21)15-8-10-24-12-13(15)6-7-14-5-3-4-9-18-14/h3-7,9,11H,8,10,12H2,1-2H3/b7-6+,16-11+. The van der Waals surface area contributed by atoms with Crippen LogP contribution in [-0.4, -0.2) is 44.2 Å². The number of esters is 1. The summed E-state index contributed by atoms with van der Waals surface area (Å²) in [5, 5.41) is 0. The van der Waals surface area contributed by atoms with Crippen LogP contribution in [0.25, 0.3) is 6.08 Å². The maximum absolute atomic E-state index is 12.1. The number of methoxy groups -OCH3 is 1. The topological polar surface area (TPSA) is 82.6 Å². The lowest BCUT2D eigenvalue weighted by Crippen LogP contribution is -2.14. The third kappa shape index (κ3) is 6.06. The van der Waals surface area contributed by atoms with E-state index in [1.165, 1.54) is 7.11 Å². The lowest BCUT2D eigenvalue weighted by Gasteiger charge is -2.19. The van der Waals surface area contributed by atoms with E-state index < -0.39 is 16.1 Å². The molecular formula is C17H19NO5S2. The minimum Gasteiger partial charge on any atom is -0.465 e. The van der Waals surface area contributed by atoms with Crippen molar-refractivity contribution in [2.75, 3.05) is 24.9 Å². The van der Waals surface area contributed by atoms with Gasteiger partial charge in [0.15, 0.2) is 0 Å². The summed E-state index contributed by atoms with van der Waals surface area (Å²) in [5.41, 5.74) is 2.55. The molecule has 1 aromatic rings. The molecule has 0 spiro atoms. The Morgan fingerprint density at radius 1 is 1.32 bits per heavy atom. The monoisotopic (exact) mass is 381 g/mol. The first-order valence-corrected chi connectivity index (χ1v) is 10.4. The van der Waals surface area contributed by atoms with E-state index in [0.29, 0.717) is 12.2 Å². The first-order valence-electron chi connectivity index (χ1n) is 7.46. The quantitative estimate of drug-likeness (QED) is 0.324. The molecule has 0 bridgehead atoms. The van der Waals surface area contributed by atoms with Crippen molar-refractivity contribution in [1.82, 2.24) is 4.98 Å². The molecule has 1 aliphatic rings. The SMILES string of the molecule is COC(=O)/C(=C/OS(C)(=O)=O)C1=C(/C=C/c2ccccn2)CSCC1. The number of hydrogen-bond acceptors (Lipinski definition) is 7. The molecule has 0 aliphatic carbocycles. The third-order valence-electron chi connectivity index (χ3n) is 3.36. The van der Waals surface area contributed by atoms with Gasteiger partial charge in [-0.05, 0) is 41.5 Å². The Balaban J connectivity index is 2.41. The Bertz CT molecular complexity index is 811. The minimum atomic E-state index is -3.71. The summed E-state index contributed by atoms with van der Waals surface area (Å²) < 4.78 is 32.0. The number of aromatic nitrogens is 1. The first kappa shape index (κ1) is 19.3. The molecule has 0 saturated heterocycles. The lowest BCUT2D eigenvalue weighted by atomic mass is 9.98. The summed E-state index contributed by atoms with van der Waals surface area (Å²) >= 11 is 1.73. The third-order valence-corrected chi connectivity index (χ3v) is 4.81. The maximum atomic E-state index is 12.1. The zero-order valence-electron chi connectivity index (χ0n) is 14.0. The highest BCUT2D eigenvalue weighted by atomic mass is 32.2. The van der Waals surface area contributed by atoms with Crippen molar-refractivity contribution in [3.05, 3.63) is 59.1 Å². The molecule has 1 aromatic heterocycles. The molecule has 0 saturated carbocycles. The number of hydrogen-bond donors (Lipinski definition) is 0. The second kappa shape index (κ2) is 8.87. The van der Waals surface area contributed by atoms with Gasteiger partial charge in [-0.15, -0.1) is 0 Å². The van der Waals surface area contributed by atoms with Crippen LogP contribution in [0.1, 0.15) is 12.1 Å². The fraction of sp³-hybridized carbons (Fsp3) is 0.294. The molecule has 0 N–H and O–H groups in total. The van der Waals surface area contributed by atoms with Crippen LogP contribution in [0.15, 0.2) is 53.5 Å². The fourth-order valence-corrected chi connectivity index (χ4v) is 3.46. The molecule has 2 rings (SSSR count). The molecule has 0 amide bonds. The van der Waals surface area contributed by atoms with Gasteiger partial charge in [0.1, 0.15) is 6.26 Å². The number of carbonyl (C=O) groups excluding carboxylic acids is 1. The van der Waals surface area contributed by atoms with E-state index in [9.17, 15) is 13.2 Å². The normalized spacial score (nSPS) is 16.2. The fourth-order valence-electron chi connectivity index (χ4n) is 2.21. The number of ether oxygens (including phenoxy) is 1. The zero-order valence-corrected chi connectivity index (χ0v) is 15.6. The van der Waals surface area contributed by atoms with Crippen LogP contribution >= 0.6 is 11.8 Å². The summed E-state index contributed by atoms with van der Waals surface area (Å²) in [7, 11) is -2.46. The van der Waals surface area contributed by atoms with E-state index in [1.54, 1.807) is 18.0 Å². The van der Waals surface area contributed by atoms with Crippen molar-refractivity contribution in [2.45, 2.75) is 6.42 Å². The van der Waals surface area contributed by atoms with E-state index >= 15 is 0 Å². The summed E-state index contributed by atoms with van der Waals surface area (Å²) in [5.74, 6) is 0.893. The number of nitrogens with zero attached hydrogens (tertiary/aromatic N) is 1. The van der Waals surface area contributed by atoms with Crippen molar-refractivity contribution in [1.29, 1.82) is 0 Å². The van der Waals surface area contributed by atoms with Crippen LogP contribution in [-0.2, 0) is 23.8 Å². The van der Waals surface area contributed by atoms with E-state index in [4.69, 9.17) is 8.92 Å². The van der Waals surface area contributed by atoms with Crippen LogP contribution in [0.2, 0.25) is 0 Å². The summed E-state index contributed by atoms with van der Waals surface area (Å²) in [4.78, 5) is 16.3. The van der Waals surface area contributed by atoms with Gasteiger partial charge in [0.05, 0.1) is 24.6 Å². The average Bonchev–Trinajstić information content (AvgIpc) is 2.60. The van der Waals surface area contributed by atoms with Crippen molar-refractivity contribution < 1.29 is 22.1 Å². The smallest absolute Gasteiger partial charge is 0.341 e. The Labute approximate surface area is 151 Å². The largest absolute Gasteiger partial charge is 0.465 e. The Morgan fingerprint density at radius 2 is 2.12 bits per heavy atom. The molecule has 0 unspecified atom stereocenters. The number of allylic oxidation sites excluding steroid dienone is 1. The molecule has 0 atom stereocenters. The van der Waals surface area contributed by atoms with Gasteiger partial charge < -0.3 is 8.92 Å². The Hall–Kier alpha value is -2.06. The van der Waals surface area contributed by atoms with Gasteiger partial charge in [0, 0.05) is 11.9 Å². The summed E-state index contributed by atoms with van der Waals surface area (Å²) in [6.45, 7) is 0. The summed E-state index contributed by atoms with van der Waals surface area (Å²) in [6.07, 6.45) is 7.94. The molecule has 6 nitrogen and oxygen atoms in total. The van der Waals surface area contributed by atoms with Crippen molar-refractivity contribution in [3.8, 4) is 0 Å². The van der Waals surface area contributed by atoms with E-state index in [1.807, 2.05) is 30.4 Å². The molecule has 25 heavy (non-hydrogen) atoms. The summed E-state index contributed by atoms with van der Waals surface area (Å²) in [6, 6.07) is 5.59. The first-order chi connectivity index (χ1) is 11.9. The molecule has 134 valence electrons. The predicted molar refractivity (Wildman–Crippen MR) is 98.3 cm³/mol. The minimum absolute atomic E-state index is 0.119. The van der Waals surface area contributed by atoms with Gasteiger partial charge in [-0.25, -0.2) is 4.79 Å². The molecule has 8 heteroatoms. The van der Waals surface area contributed by atoms with Crippen LogP contribution in [0, 0.1) is 0 Å². The number of pyridine rings is 1. The molecule has 0 radical (unpaired) electrons. The number of rotatable bonds is 6. The van der Waals surface area contributed by atoms with Gasteiger partial charge >= 0.3 is 16.1 Å². The van der Waals surface area contributed by atoms with E-state index in [-0.39, 0.29) is 5.57 Å². The van der Waals surface area contributed by atoms with Crippen LogP contribution < -0.4 is 0 Å². The second-order valence-electron chi connectivity index (χ2n) is 5.22. The van der Waals surface area contributed by atoms with Crippen molar-refractivity contribution in [2.24, 2.45) is 0 Å². The number of carbonyl (C=O) groups is 1. The van der Waals surface area contributed by atoms with Crippen LogP contribution in [0.3, 0.4) is 0 Å². The lowest BCUT2D eigenvalue weighted by molar-refractivity contribution is -0.135. The molecule has 0 aromatic carbocycles. The second-order valence-corrected chi connectivity index (χ2v) is 7.92. The van der Waals surface area contributed by atoms with Crippen molar-refractivity contribution >= 4 is 33.9 Å². The molecule has 1 aliphatic heterocycles. The van der Waals surface area contributed by atoms with Gasteiger partial charge in [0.25, 0.3) is 0 Å². The van der Waals surface area contributed by atoms with Gasteiger partial charge in [-0.3, -0.25) is 4.98 Å². The van der Waals surface area contributed by atoms with Gasteiger partial charge in [0.2, 0.25) is 0 Å². The Kier molecular flexibility index (Phi) is 6.83. The Morgan fingerprint density at radius 3 is 2.76 bits per heavy atom. The number of thioether (sulfide) groups is 1. The van der Waals surface area contributed by atoms with Crippen LogP contribution in [0.4, 0.5) is 0 Å². The van der Waals surface area contributed by atoms with E-state index in [0.717, 1.165) is 35.1 Å². The van der Waals surface area contributed by atoms with Gasteiger partial charge in [-0.2, -0.15) is 20.2 Å². The van der Waals surface area contributed by atoms with Crippen LogP contribution in [0.5, 0.6) is 0 Å². The van der Waals surface area contributed by atoms with Crippen molar-refractivity contribution in [3.63, 3.8) is 0 Å². The molecule has 0 fully saturated rings. The van der Waals surface area contributed by atoms with Gasteiger partial charge in [-0.1, -0.05) is 12.1 Å². The van der Waals surface area contributed by atoms with E-state index in [2.05, 4.69) is 4.98 Å². The average molecular weight is 381 g/mol. The highest BCUT2D eigenvalue weighted by Gasteiger charge is 2.22. The maximum Gasteiger partial charge on any atom is 0.341 e. The predicted octanol–water partition coefficient (Wildman–Crippen LogP) is 2.56.